The second kappa shape index (κ2) is 23.9. The lowest BCUT2D eigenvalue weighted by molar-refractivity contribution is -0.120. The minimum Gasteiger partial charge on any atom is -0.417 e. The van der Waals surface area contributed by atoms with Gasteiger partial charge in [-0.25, -0.2) is 0 Å². The van der Waals surface area contributed by atoms with E-state index in [9.17, 15) is 4.79 Å². The normalized spacial score (nSPS) is 16.8. The van der Waals surface area contributed by atoms with Crippen molar-refractivity contribution in [1.29, 1.82) is 0 Å². The van der Waals surface area contributed by atoms with Crippen LogP contribution in [0.3, 0.4) is 0 Å². The highest BCUT2D eigenvalue weighted by molar-refractivity contribution is 6.99. The second-order valence-electron chi connectivity index (χ2n) is 25.7. The number of ketones is 1. The van der Waals surface area contributed by atoms with E-state index in [4.69, 9.17) is 17.7 Å². The van der Waals surface area contributed by atoms with E-state index in [1.165, 1.54) is 10.4 Å². The molecule has 0 saturated carbocycles. The van der Waals surface area contributed by atoms with Crippen LogP contribution in [-0.4, -0.2) is 64.5 Å². The molecule has 0 fully saturated rings. The second-order valence-corrected chi connectivity index (χ2v) is 44.3. The molecule has 0 N–H and O–H groups in total. The van der Waals surface area contributed by atoms with Crippen molar-refractivity contribution in [2.24, 2.45) is 23.7 Å². The molecule has 2 aromatic carbocycles. The van der Waals surface area contributed by atoms with Gasteiger partial charge in [0.25, 0.3) is 8.32 Å². The van der Waals surface area contributed by atoms with Crippen LogP contribution >= 0.6 is 0 Å². The summed E-state index contributed by atoms with van der Waals surface area (Å²) in [6.45, 7) is 53.1. The van der Waals surface area contributed by atoms with Crippen molar-refractivity contribution in [2.45, 2.75) is 234 Å². The van der Waals surface area contributed by atoms with Crippen LogP contribution in [0.5, 0.6) is 0 Å². The zero-order chi connectivity index (χ0) is 49.2. The van der Waals surface area contributed by atoms with Gasteiger partial charge < -0.3 is 17.7 Å². The summed E-state index contributed by atoms with van der Waals surface area (Å²) in [5.74, 6) is 1.76. The Morgan fingerprint density at radius 3 is 1.36 bits per heavy atom. The van der Waals surface area contributed by atoms with Crippen LogP contribution in [-0.2, 0) is 22.5 Å². The fraction of sp³-hybridized carbons (Fsp3) is 0.764. The smallest absolute Gasteiger partial charge is 0.261 e. The van der Waals surface area contributed by atoms with E-state index in [0.29, 0.717) is 43.0 Å². The van der Waals surface area contributed by atoms with E-state index in [-0.39, 0.29) is 38.3 Å². The summed E-state index contributed by atoms with van der Waals surface area (Å²) in [5.41, 5.74) is 0. The molecule has 0 aromatic heterocycles. The maximum Gasteiger partial charge on any atom is 0.261 e. The zero-order valence-corrected chi connectivity index (χ0v) is 49.8. The number of rotatable bonds is 26. The number of hydrogen-bond donors (Lipinski definition) is 0. The molecule has 5 nitrogen and oxygen atoms in total. The fourth-order valence-corrected chi connectivity index (χ4v) is 16.9. The van der Waals surface area contributed by atoms with Gasteiger partial charge >= 0.3 is 0 Å². The van der Waals surface area contributed by atoms with Crippen molar-refractivity contribution in [1.82, 2.24) is 0 Å². The van der Waals surface area contributed by atoms with Gasteiger partial charge in [-0.1, -0.05) is 171 Å². The molecule has 0 saturated heterocycles. The molecule has 0 aliphatic heterocycles. The lowest BCUT2D eigenvalue weighted by atomic mass is 9.86. The van der Waals surface area contributed by atoms with E-state index in [2.05, 4.69) is 211 Å². The Balaban J connectivity index is 2.18. The van der Waals surface area contributed by atoms with Gasteiger partial charge in [-0.05, 0) is 132 Å². The molecule has 0 bridgehead atoms. The number of hydrogen-bond acceptors (Lipinski definition) is 5. The van der Waals surface area contributed by atoms with Crippen molar-refractivity contribution >= 4 is 49.4 Å². The molecular weight excluding hydrogens is 853 g/mol. The maximum atomic E-state index is 13.8. The Labute approximate surface area is 401 Å². The molecule has 0 spiro atoms. The predicted octanol–water partition coefficient (Wildman–Crippen LogP) is 15.6. The molecule has 0 radical (unpaired) electrons. The highest BCUT2D eigenvalue weighted by atomic mass is 28.4. The number of Topliss-reactive ketones (excluding diaryl/α,β-unsaturated/α-hetero) is 1. The van der Waals surface area contributed by atoms with Crippen molar-refractivity contribution in [3.05, 3.63) is 60.7 Å². The largest absolute Gasteiger partial charge is 0.417 e. The topological polar surface area (TPSA) is 54.0 Å². The Kier molecular flexibility index (Phi) is 22.0. The summed E-state index contributed by atoms with van der Waals surface area (Å²) >= 11 is 0. The molecule has 0 aliphatic carbocycles. The number of carbonyl (C=O) groups is 1. The van der Waals surface area contributed by atoms with Gasteiger partial charge in [-0.2, -0.15) is 0 Å². The molecule has 0 aliphatic rings. The lowest BCUT2D eigenvalue weighted by Gasteiger charge is -2.44. The van der Waals surface area contributed by atoms with Crippen LogP contribution in [0.2, 0.25) is 59.4 Å². The van der Waals surface area contributed by atoms with Gasteiger partial charge in [-0.3, -0.25) is 4.79 Å². The van der Waals surface area contributed by atoms with E-state index in [1.54, 1.807) is 0 Å². The minimum atomic E-state index is -2.60. The highest BCUT2D eigenvalue weighted by Crippen LogP contribution is 2.43. The Bertz CT molecular complexity index is 1610. The molecule has 2 rings (SSSR count). The molecule has 0 heterocycles. The third kappa shape index (κ3) is 16.8. The first-order valence-electron chi connectivity index (χ1n) is 25.4. The maximum absolute atomic E-state index is 13.8. The van der Waals surface area contributed by atoms with Crippen LogP contribution < -0.4 is 10.4 Å². The Hall–Kier alpha value is -1.18. The molecule has 6 atom stereocenters. The summed E-state index contributed by atoms with van der Waals surface area (Å²) in [6, 6.07) is 21.9. The van der Waals surface area contributed by atoms with E-state index in [1.807, 2.05) is 0 Å². The van der Waals surface area contributed by atoms with Crippen LogP contribution in [0.15, 0.2) is 60.7 Å². The van der Waals surface area contributed by atoms with E-state index < -0.39 is 33.3 Å². The average molecular weight is 956 g/mol. The van der Waals surface area contributed by atoms with Gasteiger partial charge in [0, 0.05) is 32.2 Å². The van der Waals surface area contributed by atoms with Gasteiger partial charge in [0.1, 0.15) is 5.78 Å². The van der Waals surface area contributed by atoms with E-state index in [0.717, 1.165) is 45.1 Å². The monoisotopic (exact) mass is 955 g/mol. The van der Waals surface area contributed by atoms with Gasteiger partial charge in [-0.15, -0.1) is 0 Å². The number of benzene rings is 2. The lowest BCUT2D eigenvalue weighted by Crippen LogP contribution is -2.66. The van der Waals surface area contributed by atoms with Gasteiger partial charge in [0.2, 0.25) is 0 Å². The van der Waals surface area contributed by atoms with Crippen molar-refractivity contribution < 1.29 is 22.5 Å². The summed E-state index contributed by atoms with van der Waals surface area (Å²) in [4.78, 5) is 13.8. The summed E-state index contributed by atoms with van der Waals surface area (Å²) in [6.07, 6.45) is 7.23. The Morgan fingerprint density at radius 2 is 0.922 bits per heavy atom. The SMILES string of the molecule is C[C@@H](CC[C@H](O[Si](C)(C)C(C)(C)C)[C@H](C)CCC(=O)CC[C@H](C)[C@@H](O[Si](C)(C)C(C)(C)C)[C@H](C)CCCO[Si](c1ccccc1)(c1ccccc1)C(C)(C)C)CO[Si](C)(C)C(C)(C)C. The standard InChI is InChI=1S/C55H102O5Si4/c1-43(42-58-61(17,18)52(5,6)7)35-40-50(59-62(19,20)53(8,9)10)44(2)36-38-47(56)39-37-46(4)51(60-63(21,22)54(11,12)13)45(3)30-29-41-57-64(55(14,15)16,48-31-25-23-26-32-48)49-33-27-24-28-34-49/h23-28,31-34,43-46,50-51H,29-30,35-42H2,1-22H3/t43-,44+,45+,46-,50-,51-/m0/s1. The van der Waals surface area contributed by atoms with Crippen LogP contribution in [0.4, 0.5) is 0 Å². The van der Waals surface area contributed by atoms with E-state index >= 15 is 0 Å². The van der Waals surface area contributed by atoms with Crippen molar-refractivity contribution in [2.75, 3.05) is 13.2 Å². The van der Waals surface area contributed by atoms with Gasteiger partial charge in [0.15, 0.2) is 25.0 Å². The highest BCUT2D eigenvalue weighted by Gasteiger charge is 2.50. The Morgan fingerprint density at radius 1 is 0.500 bits per heavy atom. The van der Waals surface area contributed by atoms with Gasteiger partial charge in [0.05, 0.1) is 6.10 Å². The first-order chi connectivity index (χ1) is 29.1. The quantitative estimate of drug-likeness (QED) is 0.0695. The summed E-state index contributed by atoms with van der Waals surface area (Å²) < 4.78 is 28.4. The predicted molar refractivity (Wildman–Crippen MR) is 289 cm³/mol. The molecule has 0 amide bonds. The first-order valence-corrected chi connectivity index (χ1v) is 36.0. The van der Waals surface area contributed by atoms with Crippen LogP contribution in [0, 0.1) is 23.7 Å². The van der Waals surface area contributed by atoms with Crippen LogP contribution in [0.1, 0.15) is 162 Å². The molecule has 368 valence electrons. The third-order valence-electron chi connectivity index (χ3n) is 16.0. The third-order valence-corrected chi connectivity index (χ3v) is 34.5. The molecule has 2 aromatic rings. The molecular formula is C55H102O5Si4. The van der Waals surface area contributed by atoms with Crippen molar-refractivity contribution in [3.63, 3.8) is 0 Å². The zero-order valence-electron chi connectivity index (χ0n) is 45.8. The minimum absolute atomic E-state index is 0.0502. The molecule has 9 heteroatoms. The average Bonchev–Trinajstić information content (AvgIpc) is 3.17. The molecule has 64 heavy (non-hydrogen) atoms. The summed E-state index contributed by atoms with van der Waals surface area (Å²) in [5, 5.41) is 3.03. The van der Waals surface area contributed by atoms with Crippen LogP contribution in [0.25, 0.3) is 0 Å². The van der Waals surface area contributed by atoms with Crippen molar-refractivity contribution in [3.8, 4) is 0 Å². The fourth-order valence-electron chi connectivity index (χ4n) is 8.23. The summed E-state index contributed by atoms with van der Waals surface area (Å²) in [7, 11) is -8.49. The first kappa shape index (κ1) is 58.9. The molecule has 0 unspecified atom stereocenters. The number of carbonyl (C=O) groups excluding carboxylic acids is 1.